The van der Waals surface area contributed by atoms with E-state index in [0.717, 1.165) is 41.1 Å². The van der Waals surface area contributed by atoms with Crippen molar-refractivity contribution in [1.29, 1.82) is 0 Å². The maximum Gasteiger partial charge on any atom is 0.266 e. The molecule has 1 fully saturated rings. The van der Waals surface area contributed by atoms with Crippen LogP contribution in [0.15, 0.2) is 40.6 Å². The van der Waals surface area contributed by atoms with E-state index in [2.05, 4.69) is 35.8 Å². The molecule has 3 aromatic rings. The SMILES string of the molecule is CC(C)(C)c1ccc(=O)n(CCN2CCN(C(=O)c3ccc4ncsc4c3)CC2)n1. The van der Waals surface area contributed by atoms with E-state index < -0.39 is 0 Å². The number of nitrogens with zero attached hydrogens (tertiary/aromatic N) is 5. The topological polar surface area (TPSA) is 71.3 Å². The number of fused-ring (bicyclic) bond motifs is 1. The smallest absolute Gasteiger partial charge is 0.266 e. The molecule has 0 radical (unpaired) electrons. The Kier molecular flexibility index (Phi) is 5.71. The highest BCUT2D eigenvalue weighted by Gasteiger charge is 2.23. The highest BCUT2D eigenvalue weighted by molar-refractivity contribution is 7.16. The average molecular weight is 426 g/mol. The normalized spacial score (nSPS) is 15.6. The lowest BCUT2D eigenvalue weighted by atomic mass is 9.92. The quantitative estimate of drug-likeness (QED) is 0.643. The first-order valence-electron chi connectivity index (χ1n) is 10.2. The van der Waals surface area contributed by atoms with Gasteiger partial charge in [-0.15, -0.1) is 11.3 Å². The number of thiazole rings is 1. The van der Waals surface area contributed by atoms with E-state index in [1.54, 1.807) is 27.6 Å². The first-order valence-corrected chi connectivity index (χ1v) is 11.1. The van der Waals surface area contributed by atoms with Crippen LogP contribution in [0.2, 0.25) is 0 Å². The largest absolute Gasteiger partial charge is 0.336 e. The summed E-state index contributed by atoms with van der Waals surface area (Å²) in [4.78, 5) is 33.5. The number of carbonyl (C=O) groups is 1. The Morgan fingerprint density at radius 3 is 2.57 bits per heavy atom. The Labute approximate surface area is 179 Å². The lowest BCUT2D eigenvalue weighted by molar-refractivity contribution is 0.0631. The summed E-state index contributed by atoms with van der Waals surface area (Å²) in [7, 11) is 0. The van der Waals surface area contributed by atoms with E-state index in [1.807, 2.05) is 29.2 Å². The van der Waals surface area contributed by atoms with Gasteiger partial charge < -0.3 is 4.90 Å². The molecule has 0 bridgehead atoms. The Hall–Kier alpha value is -2.58. The predicted molar refractivity (Wildman–Crippen MR) is 119 cm³/mol. The van der Waals surface area contributed by atoms with Crippen molar-refractivity contribution in [2.24, 2.45) is 0 Å². The van der Waals surface area contributed by atoms with Crippen LogP contribution in [0.4, 0.5) is 0 Å². The van der Waals surface area contributed by atoms with E-state index in [1.165, 1.54) is 0 Å². The molecule has 0 spiro atoms. The van der Waals surface area contributed by atoms with Gasteiger partial charge in [0.15, 0.2) is 0 Å². The van der Waals surface area contributed by atoms with E-state index in [-0.39, 0.29) is 16.9 Å². The molecule has 1 aliphatic rings. The second-order valence-corrected chi connectivity index (χ2v) is 9.59. The van der Waals surface area contributed by atoms with Crippen molar-refractivity contribution < 1.29 is 4.79 Å². The van der Waals surface area contributed by atoms with Gasteiger partial charge in [-0.25, -0.2) is 9.67 Å². The van der Waals surface area contributed by atoms with Crippen molar-refractivity contribution in [1.82, 2.24) is 24.6 Å². The van der Waals surface area contributed by atoms with E-state index >= 15 is 0 Å². The fourth-order valence-electron chi connectivity index (χ4n) is 3.59. The third-order valence-corrected chi connectivity index (χ3v) is 6.29. The lowest BCUT2D eigenvalue weighted by Gasteiger charge is -2.34. The summed E-state index contributed by atoms with van der Waals surface area (Å²) in [5.41, 5.74) is 4.19. The Morgan fingerprint density at radius 2 is 1.83 bits per heavy atom. The standard InChI is InChI=1S/C22H27N5O2S/c1-22(2,3)19-6-7-20(28)27(24-19)13-10-25-8-11-26(12-9-25)21(29)16-4-5-17-18(14-16)30-15-23-17/h4-7,14-15H,8-13H2,1-3H3. The van der Waals surface area contributed by atoms with Gasteiger partial charge in [0, 0.05) is 49.8 Å². The van der Waals surface area contributed by atoms with Gasteiger partial charge in [-0.3, -0.25) is 14.5 Å². The minimum atomic E-state index is -0.0936. The monoisotopic (exact) mass is 425 g/mol. The van der Waals surface area contributed by atoms with Crippen molar-refractivity contribution in [3.63, 3.8) is 0 Å². The van der Waals surface area contributed by atoms with Crippen molar-refractivity contribution in [2.75, 3.05) is 32.7 Å². The molecule has 1 aliphatic heterocycles. The molecule has 1 aromatic carbocycles. The molecule has 8 heteroatoms. The third kappa shape index (κ3) is 4.44. The van der Waals surface area contributed by atoms with Crippen LogP contribution >= 0.6 is 11.3 Å². The van der Waals surface area contributed by atoms with Crippen LogP contribution < -0.4 is 5.56 Å². The lowest BCUT2D eigenvalue weighted by Crippen LogP contribution is -2.49. The first-order chi connectivity index (χ1) is 14.3. The molecular weight excluding hydrogens is 398 g/mol. The summed E-state index contributed by atoms with van der Waals surface area (Å²) < 4.78 is 2.59. The first kappa shape index (κ1) is 20.7. The molecule has 0 unspecified atom stereocenters. The summed E-state index contributed by atoms with van der Waals surface area (Å²) in [6.45, 7) is 10.5. The van der Waals surface area contributed by atoms with Gasteiger partial charge in [-0.2, -0.15) is 5.10 Å². The molecule has 30 heavy (non-hydrogen) atoms. The summed E-state index contributed by atoms with van der Waals surface area (Å²) >= 11 is 1.55. The molecule has 1 saturated heterocycles. The molecule has 0 atom stereocenters. The maximum absolute atomic E-state index is 12.9. The van der Waals surface area contributed by atoms with Crippen molar-refractivity contribution >= 4 is 27.5 Å². The molecule has 7 nitrogen and oxygen atoms in total. The fraction of sp³-hybridized carbons (Fsp3) is 0.455. The number of piperazine rings is 1. The van der Waals surface area contributed by atoms with Crippen molar-refractivity contribution in [3.8, 4) is 0 Å². The van der Waals surface area contributed by atoms with Gasteiger partial charge in [0.2, 0.25) is 0 Å². The highest BCUT2D eigenvalue weighted by atomic mass is 32.1. The molecular formula is C22H27N5O2S. The summed E-state index contributed by atoms with van der Waals surface area (Å²) in [5.74, 6) is 0.0701. The zero-order chi connectivity index (χ0) is 21.3. The highest BCUT2D eigenvalue weighted by Crippen LogP contribution is 2.21. The third-order valence-electron chi connectivity index (χ3n) is 5.50. The van der Waals surface area contributed by atoms with Crippen LogP contribution in [0.5, 0.6) is 0 Å². The zero-order valence-corrected chi connectivity index (χ0v) is 18.5. The second kappa shape index (κ2) is 8.28. The van der Waals surface area contributed by atoms with Crippen LogP contribution in [0.1, 0.15) is 36.8 Å². The van der Waals surface area contributed by atoms with E-state index in [0.29, 0.717) is 19.6 Å². The minimum absolute atomic E-state index is 0.0701. The molecule has 4 rings (SSSR count). The van der Waals surface area contributed by atoms with Gasteiger partial charge in [-0.1, -0.05) is 20.8 Å². The van der Waals surface area contributed by atoms with E-state index in [4.69, 9.17) is 0 Å². The Bertz CT molecular complexity index is 1110. The summed E-state index contributed by atoms with van der Waals surface area (Å²) in [6.07, 6.45) is 0. The molecule has 0 aliphatic carbocycles. The van der Waals surface area contributed by atoms with Gasteiger partial charge in [0.1, 0.15) is 0 Å². The van der Waals surface area contributed by atoms with Crippen molar-refractivity contribution in [2.45, 2.75) is 32.7 Å². The van der Waals surface area contributed by atoms with Crippen molar-refractivity contribution in [3.05, 3.63) is 57.5 Å². The van der Waals surface area contributed by atoms with Gasteiger partial charge >= 0.3 is 0 Å². The number of hydrogen-bond donors (Lipinski definition) is 0. The Balaban J connectivity index is 1.34. The van der Waals surface area contributed by atoms with Crippen LogP contribution in [-0.4, -0.2) is 63.2 Å². The van der Waals surface area contributed by atoms with Gasteiger partial charge in [-0.05, 0) is 24.3 Å². The van der Waals surface area contributed by atoms with Gasteiger partial charge in [0.05, 0.1) is 28.0 Å². The molecule has 1 amide bonds. The molecule has 0 N–H and O–H groups in total. The molecule has 3 heterocycles. The number of aromatic nitrogens is 3. The van der Waals surface area contributed by atoms with Crippen LogP contribution in [0.25, 0.3) is 10.2 Å². The summed E-state index contributed by atoms with van der Waals surface area (Å²) in [6, 6.07) is 9.11. The zero-order valence-electron chi connectivity index (χ0n) is 17.7. The number of amides is 1. The average Bonchev–Trinajstić information content (AvgIpc) is 3.20. The molecule has 0 saturated carbocycles. The number of hydrogen-bond acceptors (Lipinski definition) is 6. The minimum Gasteiger partial charge on any atom is -0.336 e. The Morgan fingerprint density at radius 1 is 1.07 bits per heavy atom. The molecule has 2 aromatic heterocycles. The van der Waals surface area contributed by atoms with Gasteiger partial charge in [0.25, 0.3) is 11.5 Å². The van der Waals surface area contributed by atoms with Crippen LogP contribution in [0, 0.1) is 0 Å². The van der Waals surface area contributed by atoms with Crippen LogP contribution in [0.3, 0.4) is 0 Å². The fourth-order valence-corrected chi connectivity index (χ4v) is 4.31. The maximum atomic E-state index is 12.9. The summed E-state index contributed by atoms with van der Waals surface area (Å²) in [5, 5.41) is 4.54. The van der Waals surface area contributed by atoms with E-state index in [9.17, 15) is 9.59 Å². The predicted octanol–water partition coefficient (Wildman–Crippen LogP) is 2.61. The number of rotatable bonds is 4. The number of carbonyl (C=O) groups excluding carboxylic acids is 1. The molecule has 158 valence electrons. The number of benzene rings is 1. The van der Waals surface area contributed by atoms with Crippen LogP contribution in [-0.2, 0) is 12.0 Å². The second-order valence-electron chi connectivity index (χ2n) is 8.70.